The summed E-state index contributed by atoms with van der Waals surface area (Å²) in [5.74, 6) is -1.51. The van der Waals surface area contributed by atoms with Gasteiger partial charge < -0.3 is 14.6 Å². The fourth-order valence-electron chi connectivity index (χ4n) is 4.15. The Labute approximate surface area is 153 Å². The van der Waals surface area contributed by atoms with Crippen LogP contribution in [0, 0.1) is 18.6 Å². The van der Waals surface area contributed by atoms with Crippen molar-refractivity contribution in [2.24, 2.45) is 0 Å². The number of carbonyl (C=O) groups is 1. The lowest BCUT2D eigenvalue weighted by molar-refractivity contribution is 0.0599. The van der Waals surface area contributed by atoms with E-state index in [4.69, 9.17) is 4.74 Å². The molecule has 140 valence electrons. The van der Waals surface area contributed by atoms with Gasteiger partial charge in [-0.3, -0.25) is 9.89 Å². The first-order valence-corrected chi connectivity index (χ1v) is 8.83. The molecule has 1 spiro atoms. The second-order valence-corrected chi connectivity index (χ2v) is 7.44. The van der Waals surface area contributed by atoms with E-state index in [1.807, 2.05) is 6.92 Å². The number of hydrogen-bond acceptors (Lipinski definition) is 3. The van der Waals surface area contributed by atoms with Gasteiger partial charge in [0, 0.05) is 46.9 Å². The van der Waals surface area contributed by atoms with Crippen molar-refractivity contribution < 1.29 is 18.3 Å². The largest absolute Gasteiger partial charge is 0.494 e. The summed E-state index contributed by atoms with van der Waals surface area (Å²) in [7, 11) is 1.30. The molecular formula is C19H18F2N4O2. The van der Waals surface area contributed by atoms with Crippen molar-refractivity contribution in [2.45, 2.75) is 38.3 Å². The molecule has 5 rings (SSSR count). The molecule has 1 aliphatic carbocycles. The Balaban J connectivity index is 1.65. The lowest BCUT2D eigenvalue weighted by atomic mass is 9.95. The van der Waals surface area contributed by atoms with Crippen molar-refractivity contribution in [1.29, 1.82) is 0 Å². The van der Waals surface area contributed by atoms with Crippen LogP contribution in [0.2, 0.25) is 0 Å². The summed E-state index contributed by atoms with van der Waals surface area (Å²) >= 11 is 0. The van der Waals surface area contributed by atoms with Gasteiger partial charge in [0.2, 0.25) is 0 Å². The lowest BCUT2D eigenvalue weighted by Crippen LogP contribution is -2.46. The molecule has 1 fully saturated rings. The van der Waals surface area contributed by atoms with Crippen molar-refractivity contribution in [2.75, 3.05) is 7.11 Å². The number of fused-ring (bicyclic) bond motifs is 3. The van der Waals surface area contributed by atoms with Crippen LogP contribution in [-0.2, 0) is 13.0 Å². The highest BCUT2D eigenvalue weighted by Gasteiger charge is 2.53. The van der Waals surface area contributed by atoms with E-state index in [1.165, 1.54) is 7.11 Å². The van der Waals surface area contributed by atoms with E-state index in [9.17, 15) is 13.6 Å². The summed E-state index contributed by atoms with van der Waals surface area (Å²) in [6.07, 6.45) is 2.28. The average molecular weight is 372 g/mol. The maximum Gasteiger partial charge on any atom is 0.275 e. The minimum absolute atomic E-state index is 0.124. The summed E-state index contributed by atoms with van der Waals surface area (Å²) < 4.78 is 34.3. The van der Waals surface area contributed by atoms with Crippen molar-refractivity contribution in [3.05, 3.63) is 46.4 Å². The SMILES string of the molecule is COc1cc(F)c2[nH]c3c(c2c1F)CN(C(=O)c1cc(C)[nH]n1)C1(CC1)C3. The Bertz CT molecular complexity index is 1100. The molecule has 0 bridgehead atoms. The molecule has 0 unspecified atom stereocenters. The highest BCUT2D eigenvalue weighted by atomic mass is 19.1. The van der Waals surface area contributed by atoms with E-state index in [0.717, 1.165) is 30.3 Å². The summed E-state index contributed by atoms with van der Waals surface area (Å²) in [5, 5.41) is 7.01. The topological polar surface area (TPSA) is 74.0 Å². The number of aromatic nitrogens is 3. The molecule has 27 heavy (non-hydrogen) atoms. The third-order valence-corrected chi connectivity index (χ3v) is 5.74. The molecule has 0 radical (unpaired) electrons. The Morgan fingerprint density at radius 2 is 2.11 bits per heavy atom. The van der Waals surface area contributed by atoms with Crippen LogP contribution in [0.4, 0.5) is 8.78 Å². The Hall–Kier alpha value is -2.90. The second-order valence-electron chi connectivity index (χ2n) is 7.44. The van der Waals surface area contributed by atoms with Gasteiger partial charge >= 0.3 is 0 Å². The number of methoxy groups -OCH3 is 1. The first-order chi connectivity index (χ1) is 12.9. The highest BCUT2D eigenvalue weighted by molar-refractivity contribution is 5.95. The van der Waals surface area contributed by atoms with E-state index < -0.39 is 11.6 Å². The minimum atomic E-state index is -0.610. The molecule has 3 aromatic rings. The van der Waals surface area contributed by atoms with Gasteiger partial charge in [0.1, 0.15) is 5.69 Å². The standard InChI is InChI=1S/C19H18F2N4O2/c1-9-5-12(24-23-9)18(26)25-8-10-13(7-19(25)3-4-19)22-17-11(20)6-14(27-2)16(21)15(10)17/h5-6,22H,3-4,7-8H2,1-2H3,(H,23,24). The number of nitrogens with one attached hydrogen (secondary N) is 2. The molecule has 1 aromatic carbocycles. The maximum absolute atomic E-state index is 14.9. The molecule has 2 aliphatic rings. The molecule has 2 N–H and O–H groups in total. The number of benzene rings is 1. The summed E-state index contributed by atoms with van der Waals surface area (Å²) in [6, 6.07) is 2.74. The van der Waals surface area contributed by atoms with Gasteiger partial charge in [0.25, 0.3) is 5.91 Å². The van der Waals surface area contributed by atoms with Gasteiger partial charge in [-0.15, -0.1) is 0 Å². The monoisotopic (exact) mass is 372 g/mol. The van der Waals surface area contributed by atoms with E-state index >= 15 is 0 Å². The van der Waals surface area contributed by atoms with Gasteiger partial charge in [0.05, 0.1) is 12.6 Å². The van der Waals surface area contributed by atoms with Crippen LogP contribution in [0.5, 0.6) is 5.75 Å². The number of amides is 1. The van der Waals surface area contributed by atoms with E-state index in [1.54, 1.807) is 11.0 Å². The zero-order valence-electron chi connectivity index (χ0n) is 14.9. The van der Waals surface area contributed by atoms with Crippen molar-refractivity contribution in [3.8, 4) is 5.75 Å². The maximum atomic E-state index is 14.9. The quantitative estimate of drug-likeness (QED) is 0.725. The highest BCUT2D eigenvalue weighted by Crippen LogP contribution is 2.50. The van der Waals surface area contributed by atoms with Gasteiger partial charge in [0.15, 0.2) is 17.4 Å². The van der Waals surface area contributed by atoms with Gasteiger partial charge in [-0.1, -0.05) is 0 Å². The van der Waals surface area contributed by atoms with E-state index in [0.29, 0.717) is 17.7 Å². The first-order valence-electron chi connectivity index (χ1n) is 8.83. The number of halogens is 2. The van der Waals surface area contributed by atoms with E-state index in [2.05, 4.69) is 15.2 Å². The van der Waals surface area contributed by atoms with Crippen LogP contribution >= 0.6 is 0 Å². The lowest BCUT2D eigenvalue weighted by Gasteiger charge is -2.36. The molecule has 1 amide bonds. The number of H-pyrrole nitrogens is 2. The fraction of sp³-hybridized carbons (Fsp3) is 0.368. The number of rotatable bonds is 2. The third-order valence-electron chi connectivity index (χ3n) is 5.74. The van der Waals surface area contributed by atoms with Crippen LogP contribution < -0.4 is 4.74 Å². The normalized spacial score (nSPS) is 17.4. The number of aromatic amines is 2. The number of aryl methyl sites for hydroxylation is 1. The van der Waals surface area contributed by atoms with E-state index in [-0.39, 0.29) is 34.6 Å². The molecule has 1 saturated carbocycles. The Kier molecular flexibility index (Phi) is 3.20. The van der Waals surface area contributed by atoms with Crippen LogP contribution in [-0.4, -0.2) is 38.6 Å². The Morgan fingerprint density at radius 1 is 1.33 bits per heavy atom. The number of nitrogens with zero attached hydrogens (tertiary/aromatic N) is 2. The zero-order valence-corrected chi connectivity index (χ0v) is 14.9. The number of hydrogen-bond donors (Lipinski definition) is 2. The second kappa shape index (κ2) is 5.31. The molecule has 3 heterocycles. The van der Waals surface area contributed by atoms with Crippen molar-refractivity contribution in [3.63, 3.8) is 0 Å². The molecule has 2 aromatic heterocycles. The van der Waals surface area contributed by atoms with Gasteiger partial charge in [-0.25, -0.2) is 8.78 Å². The minimum Gasteiger partial charge on any atom is -0.494 e. The van der Waals surface area contributed by atoms with Crippen molar-refractivity contribution in [1.82, 2.24) is 20.1 Å². The van der Waals surface area contributed by atoms with Crippen LogP contribution in [0.1, 0.15) is 40.3 Å². The fourth-order valence-corrected chi connectivity index (χ4v) is 4.15. The van der Waals surface area contributed by atoms with Crippen molar-refractivity contribution >= 4 is 16.8 Å². The molecule has 1 aliphatic heterocycles. The predicted octanol–water partition coefficient (Wildman–Crippen LogP) is 3.22. The number of carbonyl (C=O) groups excluding carboxylic acids is 1. The summed E-state index contributed by atoms with van der Waals surface area (Å²) in [6.45, 7) is 2.04. The van der Waals surface area contributed by atoms with Crippen LogP contribution in [0.15, 0.2) is 12.1 Å². The molecule has 0 atom stereocenters. The Morgan fingerprint density at radius 3 is 2.74 bits per heavy atom. The predicted molar refractivity (Wildman–Crippen MR) is 93.6 cm³/mol. The summed E-state index contributed by atoms with van der Waals surface area (Å²) in [4.78, 5) is 17.9. The number of ether oxygens (including phenoxy) is 1. The molecular weight excluding hydrogens is 354 g/mol. The van der Waals surface area contributed by atoms with Crippen LogP contribution in [0.3, 0.4) is 0 Å². The smallest absolute Gasteiger partial charge is 0.275 e. The average Bonchev–Trinajstić information content (AvgIpc) is 3.10. The molecule has 0 saturated heterocycles. The molecule has 6 nitrogen and oxygen atoms in total. The molecule has 8 heteroatoms. The summed E-state index contributed by atoms with van der Waals surface area (Å²) in [5.41, 5.74) is 2.36. The zero-order chi connectivity index (χ0) is 18.9. The van der Waals surface area contributed by atoms with Gasteiger partial charge in [-0.2, -0.15) is 5.10 Å². The van der Waals surface area contributed by atoms with Crippen LogP contribution in [0.25, 0.3) is 10.9 Å². The third kappa shape index (κ3) is 2.22. The first kappa shape index (κ1) is 16.3. The van der Waals surface area contributed by atoms with Gasteiger partial charge in [-0.05, 0) is 25.8 Å².